The van der Waals surface area contributed by atoms with E-state index in [9.17, 15) is 4.79 Å². The number of nitrogens with one attached hydrogen (secondary N) is 1. The van der Waals surface area contributed by atoms with Crippen LogP contribution in [0.5, 0.6) is 0 Å². The topological polar surface area (TPSA) is 66.8 Å². The SMILES string of the molecule is C[C@H](CC(=O)N(C)CCc1nc2ccc(Cl)cc2[nH]1)n1cccn1. The third-order valence-electron chi connectivity index (χ3n) is 4.05. The van der Waals surface area contributed by atoms with Crippen molar-refractivity contribution in [3.05, 3.63) is 47.5 Å². The molecule has 7 heteroatoms. The first kappa shape index (κ1) is 16.5. The van der Waals surface area contributed by atoms with Crippen molar-refractivity contribution in [3.8, 4) is 0 Å². The number of aromatic nitrogens is 4. The van der Waals surface area contributed by atoms with Crippen LogP contribution < -0.4 is 0 Å². The number of hydrogen-bond acceptors (Lipinski definition) is 3. The summed E-state index contributed by atoms with van der Waals surface area (Å²) in [4.78, 5) is 21.8. The maximum Gasteiger partial charge on any atom is 0.224 e. The molecule has 0 saturated heterocycles. The number of aromatic amines is 1. The molecule has 0 fully saturated rings. The lowest BCUT2D eigenvalue weighted by Crippen LogP contribution is -2.30. The fourth-order valence-corrected chi connectivity index (χ4v) is 2.77. The van der Waals surface area contributed by atoms with Gasteiger partial charge in [-0.1, -0.05) is 11.6 Å². The number of fused-ring (bicyclic) bond motifs is 1. The summed E-state index contributed by atoms with van der Waals surface area (Å²) in [7, 11) is 1.82. The summed E-state index contributed by atoms with van der Waals surface area (Å²) in [5.41, 5.74) is 1.80. The number of H-pyrrole nitrogens is 1. The number of benzene rings is 1. The highest BCUT2D eigenvalue weighted by Gasteiger charge is 2.15. The van der Waals surface area contributed by atoms with Gasteiger partial charge in [-0.25, -0.2) is 4.98 Å². The van der Waals surface area contributed by atoms with Gasteiger partial charge in [0.05, 0.1) is 17.1 Å². The zero-order valence-electron chi connectivity index (χ0n) is 13.7. The number of likely N-dealkylation sites (N-methyl/N-ethyl adjacent to an activating group) is 1. The van der Waals surface area contributed by atoms with E-state index < -0.39 is 0 Å². The number of rotatable bonds is 6. The van der Waals surface area contributed by atoms with Gasteiger partial charge in [0, 0.05) is 43.9 Å². The molecule has 3 aromatic rings. The first-order chi connectivity index (χ1) is 11.5. The maximum absolute atomic E-state index is 12.3. The Morgan fingerprint density at radius 1 is 1.46 bits per heavy atom. The Kier molecular flexibility index (Phi) is 4.85. The van der Waals surface area contributed by atoms with Crippen LogP contribution in [0.25, 0.3) is 11.0 Å². The van der Waals surface area contributed by atoms with Gasteiger partial charge in [0.15, 0.2) is 0 Å². The molecule has 2 aromatic heterocycles. The molecule has 0 spiro atoms. The van der Waals surface area contributed by atoms with Gasteiger partial charge in [-0.15, -0.1) is 0 Å². The number of imidazole rings is 1. The third-order valence-corrected chi connectivity index (χ3v) is 4.28. The number of halogens is 1. The van der Waals surface area contributed by atoms with Crippen molar-refractivity contribution in [2.24, 2.45) is 0 Å². The quantitative estimate of drug-likeness (QED) is 0.746. The Hall–Kier alpha value is -2.34. The summed E-state index contributed by atoms with van der Waals surface area (Å²) in [6, 6.07) is 7.47. The molecule has 126 valence electrons. The number of hydrogen-bond donors (Lipinski definition) is 1. The van der Waals surface area contributed by atoms with Crippen LogP contribution in [0.2, 0.25) is 5.02 Å². The van der Waals surface area contributed by atoms with Crippen LogP contribution in [-0.4, -0.2) is 44.1 Å². The molecule has 0 unspecified atom stereocenters. The van der Waals surface area contributed by atoms with E-state index in [2.05, 4.69) is 15.1 Å². The largest absolute Gasteiger partial charge is 0.345 e. The lowest BCUT2D eigenvalue weighted by Gasteiger charge is -2.19. The van der Waals surface area contributed by atoms with Crippen LogP contribution in [0.15, 0.2) is 36.7 Å². The smallest absolute Gasteiger partial charge is 0.224 e. The second-order valence-electron chi connectivity index (χ2n) is 5.95. The normalized spacial score (nSPS) is 12.5. The minimum absolute atomic E-state index is 0.0447. The second-order valence-corrected chi connectivity index (χ2v) is 6.39. The molecular weight excluding hydrogens is 326 g/mol. The predicted molar refractivity (Wildman–Crippen MR) is 94.0 cm³/mol. The lowest BCUT2D eigenvalue weighted by molar-refractivity contribution is -0.130. The van der Waals surface area contributed by atoms with Gasteiger partial charge < -0.3 is 9.88 Å². The predicted octanol–water partition coefficient (Wildman–Crippen LogP) is 3.07. The highest BCUT2D eigenvalue weighted by molar-refractivity contribution is 6.31. The van der Waals surface area contributed by atoms with Crippen LogP contribution in [0.3, 0.4) is 0 Å². The van der Waals surface area contributed by atoms with Gasteiger partial charge in [0.1, 0.15) is 5.82 Å². The Labute approximate surface area is 145 Å². The van der Waals surface area contributed by atoms with E-state index in [-0.39, 0.29) is 11.9 Å². The third kappa shape index (κ3) is 3.76. The van der Waals surface area contributed by atoms with E-state index in [4.69, 9.17) is 11.6 Å². The standard InChI is InChI=1S/C17H20ClN5O/c1-12(23-8-3-7-19-23)10-17(24)22(2)9-6-16-20-14-5-4-13(18)11-15(14)21-16/h3-5,7-8,11-12H,6,9-10H2,1-2H3,(H,20,21)/t12-/m1/s1. The molecule has 1 atom stereocenters. The lowest BCUT2D eigenvalue weighted by atomic mass is 10.2. The molecule has 1 amide bonds. The Morgan fingerprint density at radius 2 is 2.29 bits per heavy atom. The average Bonchev–Trinajstić information content (AvgIpc) is 3.21. The Morgan fingerprint density at radius 3 is 3.04 bits per heavy atom. The van der Waals surface area contributed by atoms with Crippen molar-refractivity contribution in [2.45, 2.75) is 25.8 Å². The number of nitrogens with zero attached hydrogens (tertiary/aromatic N) is 4. The molecule has 0 aliphatic heterocycles. The van der Waals surface area contributed by atoms with Gasteiger partial charge in [-0.3, -0.25) is 9.48 Å². The van der Waals surface area contributed by atoms with Gasteiger partial charge in [0.25, 0.3) is 0 Å². The fourth-order valence-electron chi connectivity index (χ4n) is 2.59. The van der Waals surface area contributed by atoms with Crippen molar-refractivity contribution in [1.29, 1.82) is 0 Å². The Balaban J connectivity index is 1.55. The summed E-state index contributed by atoms with van der Waals surface area (Å²) in [6.45, 7) is 2.60. The molecular formula is C17H20ClN5O. The molecule has 0 bridgehead atoms. The molecule has 0 radical (unpaired) electrons. The minimum atomic E-state index is 0.0447. The van der Waals surface area contributed by atoms with E-state index in [0.29, 0.717) is 24.4 Å². The molecule has 0 aliphatic rings. The van der Waals surface area contributed by atoms with Crippen LogP contribution in [-0.2, 0) is 11.2 Å². The molecule has 6 nitrogen and oxygen atoms in total. The Bertz CT molecular complexity index is 827. The highest BCUT2D eigenvalue weighted by Crippen LogP contribution is 2.17. The van der Waals surface area contributed by atoms with Crippen molar-refractivity contribution >= 4 is 28.5 Å². The van der Waals surface area contributed by atoms with Crippen molar-refractivity contribution in [3.63, 3.8) is 0 Å². The van der Waals surface area contributed by atoms with E-state index in [1.54, 1.807) is 15.8 Å². The second kappa shape index (κ2) is 7.05. The zero-order chi connectivity index (χ0) is 17.1. The fraction of sp³-hybridized carbons (Fsp3) is 0.353. The molecule has 0 aliphatic carbocycles. The van der Waals surface area contributed by atoms with E-state index >= 15 is 0 Å². The first-order valence-electron chi connectivity index (χ1n) is 7.90. The van der Waals surface area contributed by atoms with Crippen molar-refractivity contribution in [2.75, 3.05) is 13.6 Å². The highest BCUT2D eigenvalue weighted by atomic mass is 35.5. The summed E-state index contributed by atoms with van der Waals surface area (Å²) < 4.78 is 1.80. The molecule has 1 N–H and O–H groups in total. The molecule has 2 heterocycles. The number of carbonyl (C=O) groups is 1. The summed E-state index contributed by atoms with van der Waals surface area (Å²) in [6.07, 6.45) is 4.69. The molecule has 1 aromatic carbocycles. The van der Waals surface area contributed by atoms with Crippen LogP contribution in [0.4, 0.5) is 0 Å². The summed E-state index contributed by atoms with van der Waals surface area (Å²) in [5, 5.41) is 4.85. The average molecular weight is 346 g/mol. The summed E-state index contributed by atoms with van der Waals surface area (Å²) >= 11 is 5.98. The van der Waals surface area contributed by atoms with E-state index in [1.807, 2.05) is 44.4 Å². The van der Waals surface area contributed by atoms with Gasteiger partial charge in [0.2, 0.25) is 5.91 Å². The van der Waals surface area contributed by atoms with E-state index in [1.165, 1.54) is 0 Å². The summed E-state index contributed by atoms with van der Waals surface area (Å²) in [5.74, 6) is 0.948. The van der Waals surface area contributed by atoms with E-state index in [0.717, 1.165) is 16.9 Å². The molecule has 24 heavy (non-hydrogen) atoms. The zero-order valence-corrected chi connectivity index (χ0v) is 14.5. The minimum Gasteiger partial charge on any atom is -0.345 e. The molecule has 0 saturated carbocycles. The number of amides is 1. The van der Waals surface area contributed by atoms with Crippen molar-refractivity contribution in [1.82, 2.24) is 24.6 Å². The van der Waals surface area contributed by atoms with Crippen LogP contribution in [0, 0.1) is 0 Å². The van der Waals surface area contributed by atoms with Crippen LogP contribution in [0.1, 0.15) is 25.2 Å². The van der Waals surface area contributed by atoms with Crippen molar-refractivity contribution < 1.29 is 4.79 Å². The van der Waals surface area contributed by atoms with Crippen LogP contribution >= 0.6 is 11.6 Å². The monoisotopic (exact) mass is 345 g/mol. The number of carbonyl (C=O) groups excluding carboxylic acids is 1. The molecule has 3 rings (SSSR count). The maximum atomic E-state index is 12.3. The van der Waals surface area contributed by atoms with Gasteiger partial charge >= 0.3 is 0 Å². The van der Waals surface area contributed by atoms with Gasteiger partial charge in [-0.2, -0.15) is 5.10 Å². The first-order valence-corrected chi connectivity index (χ1v) is 8.28. The van der Waals surface area contributed by atoms with Gasteiger partial charge in [-0.05, 0) is 31.2 Å².